The standard InChI is InChI=1S/C20H22FNO/c1-14(2)22(13-15-8-4-3-5-9-15)20(23)18-12-17(18)16-10-6-7-11-19(16)21/h3-11,14,17-18H,12-13H2,1-2H3. The summed E-state index contributed by atoms with van der Waals surface area (Å²) < 4.78 is 13.9. The van der Waals surface area contributed by atoms with Gasteiger partial charge in [-0.3, -0.25) is 4.79 Å². The highest BCUT2D eigenvalue weighted by atomic mass is 19.1. The van der Waals surface area contributed by atoms with Gasteiger partial charge in [-0.1, -0.05) is 48.5 Å². The highest BCUT2D eigenvalue weighted by Crippen LogP contribution is 2.49. The first-order valence-corrected chi connectivity index (χ1v) is 8.16. The maximum absolute atomic E-state index is 13.9. The molecule has 120 valence electrons. The van der Waals surface area contributed by atoms with Crippen LogP contribution < -0.4 is 0 Å². The van der Waals surface area contributed by atoms with E-state index in [0.29, 0.717) is 12.1 Å². The fraction of sp³-hybridized carbons (Fsp3) is 0.350. The van der Waals surface area contributed by atoms with Crippen molar-refractivity contribution in [1.82, 2.24) is 4.90 Å². The summed E-state index contributed by atoms with van der Waals surface area (Å²) >= 11 is 0. The molecule has 3 rings (SSSR count). The lowest BCUT2D eigenvalue weighted by Crippen LogP contribution is -2.37. The van der Waals surface area contributed by atoms with Crippen molar-refractivity contribution in [1.29, 1.82) is 0 Å². The molecular weight excluding hydrogens is 289 g/mol. The molecule has 23 heavy (non-hydrogen) atoms. The summed E-state index contributed by atoms with van der Waals surface area (Å²) in [4.78, 5) is 14.8. The molecule has 0 bridgehead atoms. The van der Waals surface area contributed by atoms with E-state index >= 15 is 0 Å². The molecule has 0 saturated heterocycles. The van der Waals surface area contributed by atoms with Crippen LogP contribution in [0.15, 0.2) is 54.6 Å². The van der Waals surface area contributed by atoms with Crippen LogP contribution in [-0.4, -0.2) is 16.8 Å². The summed E-state index contributed by atoms with van der Waals surface area (Å²) in [6.07, 6.45) is 0.748. The lowest BCUT2D eigenvalue weighted by atomic mass is 10.1. The largest absolute Gasteiger partial charge is 0.336 e. The Balaban J connectivity index is 1.72. The summed E-state index contributed by atoms with van der Waals surface area (Å²) in [5, 5.41) is 0. The van der Waals surface area contributed by atoms with Crippen LogP contribution in [0.1, 0.15) is 37.3 Å². The summed E-state index contributed by atoms with van der Waals surface area (Å²) in [7, 11) is 0. The van der Waals surface area contributed by atoms with Crippen LogP contribution >= 0.6 is 0 Å². The normalized spacial score (nSPS) is 19.7. The number of hydrogen-bond donors (Lipinski definition) is 0. The number of hydrogen-bond acceptors (Lipinski definition) is 1. The van der Waals surface area contributed by atoms with Crippen molar-refractivity contribution in [3.05, 3.63) is 71.5 Å². The predicted octanol–water partition coefficient (Wildman–Crippen LogP) is 4.37. The predicted molar refractivity (Wildman–Crippen MR) is 89.4 cm³/mol. The van der Waals surface area contributed by atoms with Crippen molar-refractivity contribution in [3.63, 3.8) is 0 Å². The minimum atomic E-state index is -0.202. The number of carbonyl (C=O) groups is 1. The van der Waals surface area contributed by atoms with Gasteiger partial charge in [-0.25, -0.2) is 4.39 Å². The van der Waals surface area contributed by atoms with E-state index in [1.807, 2.05) is 55.1 Å². The molecule has 0 aliphatic heterocycles. The summed E-state index contributed by atoms with van der Waals surface area (Å²) in [6, 6.07) is 16.9. The minimum absolute atomic E-state index is 0.0284. The first kappa shape index (κ1) is 15.7. The van der Waals surface area contributed by atoms with Crippen LogP contribution in [0.3, 0.4) is 0 Å². The van der Waals surface area contributed by atoms with Crippen molar-refractivity contribution in [2.45, 2.75) is 38.8 Å². The molecule has 2 aromatic carbocycles. The maximum Gasteiger partial charge on any atom is 0.226 e. The van der Waals surface area contributed by atoms with E-state index in [0.717, 1.165) is 12.0 Å². The molecule has 0 spiro atoms. The number of nitrogens with zero attached hydrogens (tertiary/aromatic N) is 1. The lowest BCUT2D eigenvalue weighted by Gasteiger charge is -2.27. The van der Waals surface area contributed by atoms with E-state index in [4.69, 9.17) is 0 Å². The van der Waals surface area contributed by atoms with Gasteiger partial charge in [0.2, 0.25) is 5.91 Å². The quantitative estimate of drug-likeness (QED) is 0.803. The number of carbonyl (C=O) groups excluding carboxylic acids is 1. The van der Waals surface area contributed by atoms with Gasteiger partial charge in [-0.2, -0.15) is 0 Å². The zero-order chi connectivity index (χ0) is 16.4. The Kier molecular flexibility index (Phi) is 4.46. The third-order valence-corrected chi connectivity index (χ3v) is 4.51. The Hall–Kier alpha value is -2.16. The van der Waals surface area contributed by atoms with Crippen molar-refractivity contribution < 1.29 is 9.18 Å². The van der Waals surface area contributed by atoms with Crippen LogP contribution in [-0.2, 0) is 11.3 Å². The number of halogens is 1. The second-order valence-electron chi connectivity index (χ2n) is 6.52. The monoisotopic (exact) mass is 311 g/mol. The average Bonchev–Trinajstić information content (AvgIpc) is 3.33. The van der Waals surface area contributed by atoms with Gasteiger partial charge in [0.1, 0.15) is 5.82 Å². The van der Waals surface area contributed by atoms with Gasteiger partial charge >= 0.3 is 0 Å². The Morgan fingerprint density at radius 1 is 1.13 bits per heavy atom. The highest BCUT2D eigenvalue weighted by molar-refractivity contribution is 5.83. The topological polar surface area (TPSA) is 20.3 Å². The van der Waals surface area contributed by atoms with E-state index in [1.54, 1.807) is 12.1 Å². The number of rotatable bonds is 5. The first-order valence-electron chi connectivity index (χ1n) is 8.16. The van der Waals surface area contributed by atoms with Crippen LogP contribution in [0.5, 0.6) is 0 Å². The average molecular weight is 311 g/mol. The van der Waals surface area contributed by atoms with Gasteiger partial charge in [-0.15, -0.1) is 0 Å². The van der Waals surface area contributed by atoms with Gasteiger partial charge in [0.25, 0.3) is 0 Å². The van der Waals surface area contributed by atoms with Gasteiger partial charge < -0.3 is 4.90 Å². The zero-order valence-electron chi connectivity index (χ0n) is 13.6. The second-order valence-corrected chi connectivity index (χ2v) is 6.52. The van der Waals surface area contributed by atoms with E-state index in [2.05, 4.69) is 0 Å². The van der Waals surface area contributed by atoms with E-state index < -0.39 is 0 Å². The van der Waals surface area contributed by atoms with Crippen LogP contribution in [0.25, 0.3) is 0 Å². The molecule has 1 saturated carbocycles. The molecule has 3 heteroatoms. The van der Waals surface area contributed by atoms with Crippen molar-refractivity contribution >= 4 is 5.91 Å². The Morgan fingerprint density at radius 3 is 2.43 bits per heavy atom. The Labute approximate surface area is 136 Å². The SMILES string of the molecule is CC(C)N(Cc1ccccc1)C(=O)C1CC1c1ccccc1F. The molecule has 2 atom stereocenters. The number of benzene rings is 2. The van der Waals surface area contributed by atoms with Crippen molar-refractivity contribution in [2.24, 2.45) is 5.92 Å². The zero-order valence-corrected chi connectivity index (χ0v) is 13.6. The highest BCUT2D eigenvalue weighted by Gasteiger charge is 2.47. The van der Waals surface area contributed by atoms with E-state index in [-0.39, 0.29) is 29.6 Å². The molecule has 1 fully saturated rings. The summed E-state index contributed by atoms with van der Waals surface area (Å²) in [5.74, 6) is -0.122. The van der Waals surface area contributed by atoms with Crippen LogP contribution in [0, 0.1) is 11.7 Å². The molecule has 0 heterocycles. The van der Waals surface area contributed by atoms with Crippen molar-refractivity contribution in [3.8, 4) is 0 Å². The fourth-order valence-electron chi connectivity index (χ4n) is 3.10. The Bertz CT molecular complexity index is 683. The summed E-state index contributed by atoms with van der Waals surface area (Å²) in [6.45, 7) is 4.67. The first-order chi connectivity index (χ1) is 11.1. The molecule has 2 nitrogen and oxygen atoms in total. The second kappa shape index (κ2) is 6.53. The number of amides is 1. The maximum atomic E-state index is 13.9. The lowest BCUT2D eigenvalue weighted by molar-refractivity contribution is -0.135. The fourth-order valence-corrected chi connectivity index (χ4v) is 3.10. The smallest absolute Gasteiger partial charge is 0.226 e. The molecule has 2 unspecified atom stereocenters. The minimum Gasteiger partial charge on any atom is -0.336 e. The molecular formula is C20H22FNO. The molecule has 0 aromatic heterocycles. The molecule has 2 aromatic rings. The third-order valence-electron chi connectivity index (χ3n) is 4.51. The molecule has 0 N–H and O–H groups in total. The third kappa shape index (κ3) is 3.44. The molecule has 1 aliphatic rings. The van der Waals surface area contributed by atoms with E-state index in [9.17, 15) is 9.18 Å². The Morgan fingerprint density at radius 2 is 1.78 bits per heavy atom. The van der Waals surface area contributed by atoms with Gasteiger partial charge in [0, 0.05) is 18.5 Å². The molecule has 1 amide bonds. The van der Waals surface area contributed by atoms with Gasteiger partial charge in [0.05, 0.1) is 0 Å². The van der Waals surface area contributed by atoms with Crippen LogP contribution in [0.4, 0.5) is 4.39 Å². The van der Waals surface area contributed by atoms with Gasteiger partial charge in [0.15, 0.2) is 0 Å². The summed E-state index contributed by atoms with van der Waals surface area (Å²) in [5.41, 5.74) is 1.80. The van der Waals surface area contributed by atoms with Crippen molar-refractivity contribution in [2.75, 3.05) is 0 Å². The molecule has 1 aliphatic carbocycles. The molecule has 0 radical (unpaired) electrons. The van der Waals surface area contributed by atoms with Gasteiger partial charge in [-0.05, 0) is 43.4 Å². The van der Waals surface area contributed by atoms with Crippen LogP contribution in [0.2, 0.25) is 0 Å². The van der Waals surface area contributed by atoms with E-state index in [1.165, 1.54) is 6.07 Å².